The lowest BCUT2D eigenvalue weighted by atomic mass is 10.0. The maximum Gasteiger partial charge on any atom is 0.282 e. The average Bonchev–Trinajstić information content (AvgIpc) is 3.01. The Morgan fingerprint density at radius 2 is 2.04 bits per heavy atom. The molecule has 1 aromatic carbocycles. The van der Waals surface area contributed by atoms with Crippen LogP contribution in [0.25, 0.3) is 0 Å². The van der Waals surface area contributed by atoms with Crippen LogP contribution in [0.2, 0.25) is 0 Å². The van der Waals surface area contributed by atoms with Gasteiger partial charge < -0.3 is 5.32 Å². The van der Waals surface area contributed by atoms with E-state index in [0.29, 0.717) is 12.1 Å². The number of nitrogens with zero attached hydrogens (tertiary/aromatic N) is 2. The number of halogens is 2. The number of hydrogen-bond donors (Lipinski definition) is 1. The molecule has 0 aliphatic carbocycles. The lowest BCUT2D eigenvalue weighted by Crippen LogP contribution is -2.34. The Balaban J connectivity index is 1.89. The molecule has 1 unspecified atom stereocenters. The van der Waals surface area contributed by atoms with E-state index < -0.39 is 33.9 Å². The fraction of sp³-hybridized carbons (Fsp3) is 0.444. The number of carbonyl (C=O) groups is 1. The van der Waals surface area contributed by atoms with Crippen LogP contribution in [-0.4, -0.2) is 29.9 Å². The first-order chi connectivity index (χ1) is 12.7. The van der Waals surface area contributed by atoms with Gasteiger partial charge in [0.1, 0.15) is 5.69 Å². The van der Waals surface area contributed by atoms with Crippen molar-refractivity contribution in [3.05, 3.63) is 47.3 Å². The van der Waals surface area contributed by atoms with Crippen LogP contribution in [0.3, 0.4) is 0 Å². The number of hydrogen-bond acceptors (Lipinski definition) is 4. The van der Waals surface area contributed by atoms with Crippen LogP contribution in [0.1, 0.15) is 54.4 Å². The molecule has 0 spiro atoms. The van der Waals surface area contributed by atoms with Crippen LogP contribution in [0.4, 0.5) is 8.78 Å². The maximum atomic E-state index is 13.3. The Kier molecular flexibility index (Phi) is 5.32. The second-order valence-electron chi connectivity index (χ2n) is 7.02. The number of amides is 1. The third-order valence-corrected chi connectivity index (χ3v) is 6.22. The molecule has 0 radical (unpaired) electrons. The summed E-state index contributed by atoms with van der Waals surface area (Å²) in [5, 5.41) is 6.54. The van der Waals surface area contributed by atoms with Crippen molar-refractivity contribution in [1.29, 1.82) is 0 Å². The molecule has 3 rings (SSSR count). The molecule has 0 fully saturated rings. The zero-order chi connectivity index (χ0) is 19.8. The Bertz CT molecular complexity index is 955. The second-order valence-corrected chi connectivity index (χ2v) is 9.09. The highest BCUT2D eigenvalue weighted by molar-refractivity contribution is 7.91. The van der Waals surface area contributed by atoms with Crippen molar-refractivity contribution >= 4 is 15.7 Å². The Hall–Kier alpha value is -2.29. The van der Waals surface area contributed by atoms with Crippen molar-refractivity contribution in [2.24, 2.45) is 5.92 Å². The summed E-state index contributed by atoms with van der Waals surface area (Å²) in [6.45, 7) is 4.25. The summed E-state index contributed by atoms with van der Waals surface area (Å²) in [5.74, 6) is -0.607. The van der Waals surface area contributed by atoms with Gasteiger partial charge in [0.05, 0.1) is 22.3 Å². The Labute approximate surface area is 156 Å². The smallest absolute Gasteiger partial charge is 0.282 e. The van der Waals surface area contributed by atoms with Crippen molar-refractivity contribution in [3.63, 3.8) is 0 Å². The van der Waals surface area contributed by atoms with Crippen molar-refractivity contribution in [3.8, 4) is 0 Å². The highest BCUT2D eigenvalue weighted by Crippen LogP contribution is 2.32. The molecule has 1 atom stereocenters. The van der Waals surface area contributed by atoms with E-state index in [1.165, 1.54) is 16.9 Å². The molecular formula is C18H21F2N3O3S. The highest BCUT2D eigenvalue weighted by Gasteiger charge is 2.32. The van der Waals surface area contributed by atoms with Crippen molar-refractivity contribution < 1.29 is 22.0 Å². The molecule has 9 heteroatoms. The fourth-order valence-corrected chi connectivity index (χ4v) is 4.84. The van der Waals surface area contributed by atoms with E-state index >= 15 is 0 Å². The molecule has 2 heterocycles. The maximum absolute atomic E-state index is 13.3. The number of fused-ring (bicyclic) bond motifs is 1. The Morgan fingerprint density at radius 1 is 1.33 bits per heavy atom. The molecule has 0 bridgehead atoms. The molecule has 1 aliphatic heterocycles. The molecule has 0 saturated heterocycles. The first kappa shape index (κ1) is 19.5. The number of sulfone groups is 1. The summed E-state index contributed by atoms with van der Waals surface area (Å²) < 4.78 is 52.4. The van der Waals surface area contributed by atoms with E-state index in [1.807, 2.05) is 13.8 Å². The SMILES string of the molecule is CC(C)Cn1cc(C(=O)NC2CCS(=O)(=O)c3ccccc32)c(C(F)F)n1. The molecule has 6 nitrogen and oxygen atoms in total. The van der Waals surface area contributed by atoms with Gasteiger partial charge in [0.25, 0.3) is 12.3 Å². The third kappa shape index (κ3) is 4.02. The zero-order valence-corrected chi connectivity index (χ0v) is 15.8. The topological polar surface area (TPSA) is 81.1 Å². The van der Waals surface area contributed by atoms with Gasteiger partial charge in [-0.15, -0.1) is 0 Å². The van der Waals surface area contributed by atoms with Crippen LogP contribution in [-0.2, 0) is 16.4 Å². The minimum absolute atomic E-state index is 0.108. The minimum Gasteiger partial charge on any atom is -0.345 e. The molecule has 146 valence electrons. The van der Waals surface area contributed by atoms with E-state index in [-0.39, 0.29) is 28.6 Å². The molecule has 1 amide bonds. The minimum atomic E-state index is -3.39. The van der Waals surface area contributed by atoms with E-state index in [0.717, 1.165) is 0 Å². The number of alkyl halides is 2. The summed E-state index contributed by atoms with van der Waals surface area (Å²) in [5.41, 5.74) is -0.272. The van der Waals surface area contributed by atoms with Crippen molar-refractivity contribution in [2.75, 3.05) is 5.75 Å². The van der Waals surface area contributed by atoms with Gasteiger partial charge in [0, 0.05) is 12.7 Å². The lowest BCUT2D eigenvalue weighted by Gasteiger charge is -2.26. The number of carbonyl (C=O) groups excluding carboxylic acids is 1. The van der Waals surface area contributed by atoms with Gasteiger partial charge in [-0.3, -0.25) is 9.48 Å². The van der Waals surface area contributed by atoms with Gasteiger partial charge in [-0.05, 0) is 24.0 Å². The number of benzene rings is 1. The van der Waals surface area contributed by atoms with Crippen LogP contribution >= 0.6 is 0 Å². The van der Waals surface area contributed by atoms with E-state index in [4.69, 9.17) is 0 Å². The van der Waals surface area contributed by atoms with Crippen LogP contribution in [0, 0.1) is 5.92 Å². The second kappa shape index (κ2) is 7.38. The van der Waals surface area contributed by atoms with Crippen LogP contribution < -0.4 is 5.32 Å². The normalized spacial score (nSPS) is 18.5. The molecule has 1 N–H and O–H groups in total. The first-order valence-electron chi connectivity index (χ1n) is 8.67. The van der Waals surface area contributed by atoms with Gasteiger partial charge in [0.2, 0.25) is 0 Å². The predicted octanol–water partition coefficient (Wildman–Crippen LogP) is 3.13. The zero-order valence-electron chi connectivity index (χ0n) is 15.0. The van der Waals surface area contributed by atoms with Crippen LogP contribution in [0.15, 0.2) is 35.4 Å². The third-order valence-electron chi connectivity index (χ3n) is 4.40. The number of aromatic nitrogens is 2. The largest absolute Gasteiger partial charge is 0.345 e. The number of rotatable bonds is 5. The summed E-state index contributed by atoms with van der Waals surface area (Å²) >= 11 is 0. The van der Waals surface area contributed by atoms with Crippen molar-refractivity contribution in [2.45, 2.75) is 44.2 Å². The monoisotopic (exact) mass is 397 g/mol. The van der Waals surface area contributed by atoms with Gasteiger partial charge in [-0.1, -0.05) is 32.0 Å². The van der Waals surface area contributed by atoms with Gasteiger partial charge in [-0.2, -0.15) is 5.10 Å². The number of nitrogens with one attached hydrogen (secondary N) is 1. The quantitative estimate of drug-likeness (QED) is 0.841. The predicted molar refractivity (Wildman–Crippen MR) is 95.3 cm³/mol. The lowest BCUT2D eigenvalue weighted by molar-refractivity contribution is 0.0920. The summed E-state index contributed by atoms with van der Waals surface area (Å²) in [4.78, 5) is 12.8. The molecule has 27 heavy (non-hydrogen) atoms. The van der Waals surface area contributed by atoms with Gasteiger partial charge in [-0.25, -0.2) is 17.2 Å². The molecule has 1 aromatic heterocycles. The van der Waals surface area contributed by atoms with E-state index in [2.05, 4.69) is 10.4 Å². The first-order valence-corrected chi connectivity index (χ1v) is 10.3. The van der Waals surface area contributed by atoms with Gasteiger partial charge >= 0.3 is 0 Å². The molecule has 2 aromatic rings. The van der Waals surface area contributed by atoms with E-state index in [1.54, 1.807) is 18.2 Å². The molecule has 0 saturated carbocycles. The van der Waals surface area contributed by atoms with Crippen LogP contribution in [0.5, 0.6) is 0 Å². The van der Waals surface area contributed by atoms with Gasteiger partial charge in [0.15, 0.2) is 9.84 Å². The van der Waals surface area contributed by atoms with E-state index in [9.17, 15) is 22.0 Å². The van der Waals surface area contributed by atoms with Crippen molar-refractivity contribution in [1.82, 2.24) is 15.1 Å². The summed E-state index contributed by atoms with van der Waals surface area (Å²) in [7, 11) is -3.39. The average molecular weight is 397 g/mol. The molecular weight excluding hydrogens is 376 g/mol. The fourth-order valence-electron chi connectivity index (χ4n) is 3.22. The Morgan fingerprint density at radius 3 is 2.70 bits per heavy atom. The summed E-state index contributed by atoms with van der Waals surface area (Å²) in [6, 6.07) is 5.87. The summed E-state index contributed by atoms with van der Waals surface area (Å²) in [6.07, 6.45) is -1.37. The molecule has 1 aliphatic rings. The highest BCUT2D eigenvalue weighted by atomic mass is 32.2. The standard InChI is InChI=1S/C18H21F2N3O3S/c1-11(2)9-23-10-13(16(22-23)17(19)20)18(24)21-14-7-8-27(25,26)15-6-4-3-5-12(14)15/h3-6,10-11,14,17H,7-9H2,1-2H3,(H,21,24).